The smallest absolute Gasteiger partial charge is 0.408 e. The Hall–Kier alpha value is -3.59. The second-order valence-corrected chi connectivity index (χ2v) is 13.0. The maximum Gasteiger partial charge on any atom is 0.408 e. The van der Waals surface area contributed by atoms with Gasteiger partial charge < -0.3 is 25.0 Å². The molecule has 2 atom stereocenters. The Morgan fingerprint density at radius 2 is 1.68 bits per heavy atom. The highest BCUT2D eigenvalue weighted by atomic mass is 16.6. The van der Waals surface area contributed by atoms with Gasteiger partial charge in [-0.25, -0.2) is 4.79 Å². The molecule has 9 heteroatoms. The van der Waals surface area contributed by atoms with E-state index < -0.39 is 23.8 Å². The predicted molar refractivity (Wildman–Crippen MR) is 174 cm³/mol. The summed E-state index contributed by atoms with van der Waals surface area (Å²) in [6.45, 7) is 17.4. The first-order chi connectivity index (χ1) is 20.8. The Bertz CT molecular complexity index is 1230. The highest BCUT2D eigenvalue weighted by Crippen LogP contribution is 2.34. The molecule has 0 aromatic heterocycles. The van der Waals surface area contributed by atoms with Crippen LogP contribution in [0.4, 0.5) is 4.79 Å². The number of amides is 3. The third-order valence-corrected chi connectivity index (χ3v) is 7.68. The average molecular weight is 609 g/mol. The number of alkyl carbamates (subject to hydrolysis) is 1. The SMILES string of the molecule is CCCC[C@@H](NC(=O)OC(C)(C)C)C(=O)N1CCc2cc(Oc3ccccc3)ccc2C1C(=O)NCCN(C(C)C)C(C)C. The van der Waals surface area contributed by atoms with Crippen molar-refractivity contribution in [2.45, 2.75) is 111 Å². The van der Waals surface area contributed by atoms with Crippen LogP contribution in [0, 0.1) is 0 Å². The quantitative estimate of drug-likeness (QED) is 0.280. The van der Waals surface area contributed by atoms with Crippen molar-refractivity contribution in [1.82, 2.24) is 20.4 Å². The van der Waals surface area contributed by atoms with Gasteiger partial charge in [-0.15, -0.1) is 0 Å². The highest BCUT2D eigenvalue weighted by molar-refractivity contribution is 5.92. The summed E-state index contributed by atoms with van der Waals surface area (Å²) in [5, 5.41) is 5.91. The van der Waals surface area contributed by atoms with E-state index >= 15 is 0 Å². The van der Waals surface area contributed by atoms with Gasteiger partial charge in [-0.05, 0) is 96.7 Å². The predicted octanol–water partition coefficient (Wildman–Crippen LogP) is 6.22. The largest absolute Gasteiger partial charge is 0.457 e. The van der Waals surface area contributed by atoms with Crippen molar-refractivity contribution in [3.05, 3.63) is 59.7 Å². The maximum atomic E-state index is 14.1. The fraction of sp³-hybridized carbons (Fsp3) is 0.571. The van der Waals surface area contributed by atoms with Crippen molar-refractivity contribution in [1.29, 1.82) is 0 Å². The van der Waals surface area contributed by atoms with Gasteiger partial charge in [-0.1, -0.05) is 44.0 Å². The second-order valence-electron chi connectivity index (χ2n) is 13.0. The van der Waals surface area contributed by atoms with Crippen LogP contribution in [-0.4, -0.2) is 71.1 Å². The van der Waals surface area contributed by atoms with Crippen molar-refractivity contribution >= 4 is 17.9 Å². The van der Waals surface area contributed by atoms with E-state index in [9.17, 15) is 14.4 Å². The number of hydrogen-bond donors (Lipinski definition) is 2. The minimum absolute atomic E-state index is 0.241. The first kappa shape index (κ1) is 34.9. The number of para-hydroxylation sites is 1. The van der Waals surface area contributed by atoms with Crippen molar-refractivity contribution in [2.24, 2.45) is 0 Å². The van der Waals surface area contributed by atoms with E-state index in [4.69, 9.17) is 9.47 Å². The van der Waals surface area contributed by atoms with Gasteiger partial charge in [0.2, 0.25) is 11.8 Å². The maximum absolute atomic E-state index is 14.1. The molecule has 0 saturated carbocycles. The Morgan fingerprint density at radius 3 is 2.30 bits per heavy atom. The molecule has 9 nitrogen and oxygen atoms in total. The Morgan fingerprint density at radius 1 is 1.00 bits per heavy atom. The molecule has 0 saturated heterocycles. The van der Waals surface area contributed by atoms with Gasteiger partial charge in [0, 0.05) is 31.7 Å². The van der Waals surface area contributed by atoms with Crippen LogP contribution < -0.4 is 15.4 Å². The second kappa shape index (κ2) is 15.9. The molecule has 3 rings (SSSR count). The van der Waals surface area contributed by atoms with E-state index in [1.54, 1.807) is 25.7 Å². The van der Waals surface area contributed by atoms with Gasteiger partial charge in [0.15, 0.2) is 0 Å². The minimum Gasteiger partial charge on any atom is -0.457 e. The molecule has 2 N–H and O–H groups in total. The summed E-state index contributed by atoms with van der Waals surface area (Å²) in [4.78, 5) is 44.8. The van der Waals surface area contributed by atoms with Gasteiger partial charge in [-0.3, -0.25) is 14.5 Å². The number of hydrogen-bond acceptors (Lipinski definition) is 6. The molecule has 1 aliphatic rings. The summed E-state index contributed by atoms with van der Waals surface area (Å²) in [7, 11) is 0. The van der Waals surface area contributed by atoms with Crippen LogP contribution in [0.1, 0.15) is 91.8 Å². The zero-order valence-electron chi connectivity index (χ0n) is 27.8. The number of nitrogens with one attached hydrogen (secondary N) is 2. The topological polar surface area (TPSA) is 100 Å². The number of carbonyl (C=O) groups excluding carboxylic acids is 3. The molecule has 44 heavy (non-hydrogen) atoms. The molecule has 1 heterocycles. The van der Waals surface area contributed by atoms with Crippen LogP contribution >= 0.6 is 0 Å². The van der Waals surface area contributed by atoms with Crippen molar-refractivity contribution in [2.75, 3.05) is 19.6 Å². The molecule has 0 radical (unpaired) electrons. The summed E-state index contributed by atoms with van der Waals surface area (Å²) >= 11 is 0. The lowest BCUT2D eigenvalue weighted by Crippen LogP contribution is -2.55. The van der Waals surface area contributed by atoms with Crippen molar-refractivity contribution in [3.8, 4) is 11.5 Å². The molecule has 0 fully saturated rings. The standard InChI is InChI=1S/C35H52N4O5/c1-9-10-16-30(37-34(42)44-35(6,7)8)33(41)39-21-19-26-23-28(43-27-14-12-11-13-15-27)17-18-29(26)31(39)32(40)36-20-22-38(24(2)3)25(4)5/h11-15,17-18,23-25,30-31H,9-10,16,19-22H2,1-8H3,(H,36,40)(H,37,42)/t30-,31?/m1/s1. The molecular formula is C35H52N4O5. The molecule has 2 aromatic rings. The first-order valence-electron chi connectivity index (χ1n) is 16.0. The summed E-state index contributed by atoms with van der Waals surface area (Å²) in [5.41, 5.74) is 1.02. The Labute approximate surface area is 263 Å². The molecule has 1 aliphatic heterocycles. The van der Waals surface area contributed by atoms with Gasteiger partial charge in [0.25, 0.3) is 0 Å². The minimum atomic E-state index is -0.840. The van der Waals surface area contributed by atoms with E-state index in [0.717, 1.165) is 29.7 Å². The van der Waals surface area contributed by atoms with Gasteiger partial charge in [-0.2, -0.15) is 0 Å². The summed E-state index contributed by atoms with van der Waals surface area (Å²) in [6.07, 6.45) is 1.97. The molecule has 2 aromatic carbocycles. The Balaban J connectivity index is 1.90. The zero-order valence-corrected chi connectivity index (χ0v) is 27.8. The molecule has 0 spiro atoms. The summed E-state index contributed by atoms with van der Waals surface area (Å²) in [6, 6.07) is 14.2. The van der Waals surface area contributed by atoms with E-state index in [1.165, 1.54) is 0 Å². The molecule has 242 valence electrons. The van der Waals surface area contributed by atoms with E-state index in [2.05, 4.69) is 43.2 Å². The fourth-order valence-electron chi connectivity index (χ4n) is 5.64. The number of nitrogens with zero attached hydrogens (tertiary/aromatic N) is 2. The van der Waals surface area contributed by atoms with Gasteiger partial charge >= 0.3 is 6.09 Å². The molecule has 0 aliphatic carbocycles. The van der Waals surface area contributed by atoms with E-state index in [0.29, 0.717) is 50.3 Å². The number of carbonyl (C=O) groups is 3. The van der Waals surface area contributed by atoms with E-state index in [-0.39, 0.29) is 11.8 Å². The van der Waals surface area contributed by atoms with Crippen molar-refractivity contribution < 1.29 is 23.9 Å². The molecule has 0 bridgehead atoms. The van der Waals surface area contributed by atoms with Gasteiger partial charge in [0.1, 0.15) is 29.2 Å². The molecule has 3 amide bonds. The van der Waals surface area contributed by atoms with Crippen molar-refractivity contribution in [3.63, 3.8) is 0 Å². The third-order valence-electron chi connectivity index (χ3n) is 7.68. The van der Waals surface area contributed by atoms with Gasteiger partial charge in [0.05, 0.1) is 0 Å². The number of ether oxygens (including phenoxy) is 2. The van der Waals surface area contributed by atoms with Crippen LogP contribution in [0.2, 0.25) is 0 Å². The Kier molecular flexibility index (Phi) is 12.6. The van der Waals surface area contributed by atoms with Crippen LogP contribution in [0.25, 0.3) is 0 Å². The number of rotatable bonds is 13. The van der Waals surface area contributed by atoms with Crippen LogP contribution in [0.5, 0.6) is 11.5 Å². The monoisotopic (exact) mass is 608 g/mol. The number of benzene rings is 2. The fourth-order valence-corrected chi connectivity index (χ4v) is 5.64. The number of unbranched alkanes of at least 4 members (excludes halogenated alkanes) is 1. The molecule has 1 unspecified atom stereocenters. The zero-order chi connectivity index (χ0) is 32.4. The lowest BCUT2D eigenvalue weighted by atomic mass is 9.90. The van der Waals surface area contributed by atoms with Crippen LogP contribution in [0.3, 0.4) is 0 Å². The lowest BCUT2D eigenvalue weighted by Gasteiger charge is -2.39. The normalized spacial score (nSPS) is 15.6. The van der Waals surface area contributed by atoms with E-state index in [1.807, 2.05) is 55.5 Å². The highest BCUT2D eigenvalue weighted by Gasteiger charge is 2.39. The lowest BCUT2D eigenvalue weighted by molar-refractivity contribution is -0.143. The third kappa shape index (κ3) is 9.97. The first-order valence-corrected chi connectivity index (χ1v) is 16.0. The average Bonchev–Trinajstić information content (AvgIpc) is 2.95. The molecular weight excluding hydrogens is 556 g/mol. The summed E-state index contributed by atoms with van der Waals surface area (Å²) in [5.74, 6) is 0.868. The van der Waals surface area contributed by atoms with Crippen LogP contribution in [-0.2, 0) is 20.7 Å². The summed E-state index contributed by atoms with van der Waals surface area (Å²) < 4.78 is 11.5. The van der Waals surface area contributed by atoms with Crippen LogP contribution in [0.15, 0.2) is 48.5 Å². The number of fused-ring (bicyclic) bond motifs is 1.